The molecule has 0 unspecified atom stereocenters. The standard InChI is InChI=1S/C17H20O7/c1-2-3-4-5-8-22-16-15(20)12-7-6-11(23-10-14(18)19)9-13(12)24-17(16)21/h6-7,9,20H,2-5,8,10H2,1H3,(H,18,19). The number of rotatable bonds is 9. The molecule has 24 heavy (non-hydrogen) atoms. The lowest BCUT2D eigenvalue weighted by Crippen LogP contribution is -2.10. The van der Waals surface area contributed by atoms with Crippen molar-refractivity contribution in [1.29, 1.82) is 0 Å². The summed E-state index contributed by atoms with van der Waals surface area (Å²) >= 11 is 0. The van der Waals surface area contributed by atoms with Gasteiger partial charge in [-0.2, -0.15) is 0 Å². The molecule has 7 nitrogen and oxygen atoms in total. The first-order chi connectivity index (χ1) is 11.5. The van der Waals surface area contributed by atoms with E-state index in [0.717, 1.165) is 25.7 Å². The van der Waals surface area contributed by atoms with Gasteiger partial charge in [-0.1, -0.05) is 26.2 Å². The summed E-state index contributed by atoms with van der Waals surface area (Å²) in [6, 6.07) is 4.31. The number of hydrogen-bond donors (Lipinski definition) is 2. The molecule has 130 valence electrons. The SMILES string of the molecule is CCCCCCOc1c(O)c2ccc(OCC(=O)O)cc2oc1=O. The number of carboxylic acids is 1. The quantitative estimate of drug-likeness (QED) is 0.535. The van der Waals surface area contributed by atoms with Crippen LogP contribution in [0.25, 0.3) is 11.0 Å². The fourth-order valence-corrected chi connectivity index (χ4v) is 2.21. The molecule has 0 spiro atoms. The van der Waals surface area contributed by atoms with Crippen LogP contribution in [0.2, 0.25) is 0 Å². The summed E-state index contributed by atoms with van der Waals surface area (Å²) in [6.07, 6.45) is 3.95. The highest BCUT2D eigenvalue weighted by atomic mass is 16.5. The summed E-state index contributed by atoms with van der Waals surface area (Å²) in [5, 5.41) is 19.1. The van der Waals surface area contributed by atoms with Crippen LogP contribution in [0, 0.1) is 0 Å². The molecule has 0 atom stereocenters. The average Bonchev–Trinajstić information content (AvgIpc) is 2.55. The van der Waals surface area contributed by atoms with Gasteiger partial charge in [0.2, 0.25) is 5.75 Å². The zero-order valence-corrected chi connectivity index (χ0v) is 13.4. The van der Waals surface area contributed by atoms with Crippen LogP contribution in [0.1, 0.15) is 32.6 Å². The van der Waals surface area contributed by atoms with E-state index in [0.29, 0.717) is 12.0 Å². The highest BCUT2D eigenvalue weighted by molar-refractivity contribution is 5.86. The van der Waals surface area contributed by atoms with E-state index >= 15 is 0 Å². The molecule has 0 fully saturated rings. The van der Waals surface area contributed by atoms with Gasteiger partial charge in [0.25, 0.3) is 0 Å². The molecule has 0 radical (unpaired) electrons. The van der Waals surface area contributed by atoms with E-state index in [1.54, 1.807) is 0 Å². The highest BCUT2D eigenvalue weighted by Crippen LogP contribution is 2.33. The maximum Gasteiger partial charge on any atom is 0.383 e. The average molecular weight is 336 g/mol. The monoisotopic (exact) mass is 336 g/mol. The van der Waals surface area contributed by atoms with Crippen molar-refractivity contribution >= 4 is 16.9 Å². The lowest BCUT2D eigenvalue weighted by molar-refractivity contribution is -0.139. The number of benzene rings is 1. The van der Waals surface area contributed by atoms with E-state index in [4.69, 9.17) is 19.0 Å². The van der Waals surface area contributed by atoms with Crippen LogP contribution < -0.4 is 15.1 Å². The molecule has 2 N–H and O–H groups in total. The van der Waals surface area contributed by atoms with E-state index in [-0.39, 0.29) is 22.8 Å². The Kier molecular flexibility index (Phi) is 6.06. The number of carboxylic acid groups (broad SMARTS) is 1. The van der Waals surface area contributed by atoms with Gasteiger partial charge in [0, 0.05) is 6.07 Å². The normalized spacial score (nSPS) is 10.7. The predicted octanol–water partition coefficient (Wildman–Crippen LogP) is 2.92. The van der Waals surface area contributed by atoms with Crippen LogP contribution in [0.3, 0.4) is 0 Å². The van der Waals surface area contributed by atoms with Gasteiger partial charge in [-0.15, -0.1) is 0 Å². The third-order valence-electron chi connectivity index (χ3n) is 3.42. The molecule has 1 heterocycles. The van der Waals surface area contributed by atoms with Gasteiger partial charge in [0.1, 0.15) is 11.3 Å². The lowest BCUT2D eigenvalue weighted by atomic mass is 10.2. The summed E-state index contributed by atoms with van der Waals surface area (Å²) in [6.45, 7) is 1.91. The van der Waals surface area contributed by atoms with E-state index in [1.807, 2.05) is 0 Å². The topological polar surface area (TPSA) is 106 Å². The number of aliphatic carboxylic acids is 1. The molecule has 0 aliphatic rings. The Morgan fingerprint density at radius 1 is 1.21 bits per heavy atom. The molecule has 0 saturated carbocycles. The minimum absolute atomic E-state index is 0.0960. The van der Waals surface area contributed by atoms with Gasteiger partial charge >= 0.3 is 11.6 Å². The molecule has 1 aromatic carbocycles. The van der Waals surface area contributed by atoms with Crippen LogP contribution in [0.5, 0.6) is 17.2 Å². The number of ether oxygens (including phenoxy) is 2. The first-order valence-corrected chi connectivity index (χ1v) is 7.80. The second-order valence-electron chi connectivity index (χ2n) is 5.32. The Labute approximate surface area is 138 Å². The third-order valence-corrected chi connectivity index (χ3v) is 3.42. The van der Waals surface area contributed by atoms with Gasteiger partial charge in [0.15, 0.2) is 12.4 Å². The first kappa shape index (κ1) is 17.7. The van der Waals surface area contributed by atoms with Crippen molar-refractivity contribution in [3.05, 3.63) is 28.6 Å². The van der Waals surface area contributed by atoms with E-state index in [1.165, 1.54) is 18.2 Å². The van der Waals surface area contributed by atoms with Crippen molar-refractivity contribution in [2.45, 2.75) is 32.6 Å². The molecule has 2 aromatic rings. The number of carbonyl (C=O) groups is 1. The van der Waals surface area contributed by atoms with Crippen LogP contribution in [0.15, 0.2) is 27.4 Å². The Morgan fingerprint density at radius 2 is 2.00 bits per heavy atom. The van der Waals surface area contributed by atoms with Crippen molar-refractivity contribution in [3.63, 3.8) is 0 Å². The molecular formula is C17H20O7. The Morgan fingerprint density at radius 3 is 2.71 bits per heavy atom. The van der Waals surface area contributed by atoms with Gasteiger partial charge < -0.3 is 24.1 Å². The van der Waals surface area contributed by atoms with E-state index in [2.05, 4.69) is 6.92 Å². The summed E-state index contributed by atoms with van der Waals surface area (Å²) in [5.74, 6) is -1.40. The van der Waals surface area contributed by atoms with Crippen LogP contribution >= 0.6 is 0 Å². The Bertz CT molecular complexity index is 763. The summed E-state index contributed by atoms with van der Waals surface area (Å²) in [7, 11) is 0. The summed E-state index contributed by atoms with van der Waals surface area (Å²) < 4.78 is 15.5. The minimum atomic E-state index is -1.12. The third kappa shape index (κ3) is 4.41. The maximum atomic E-state index is 12.0. The second kappa shape index (κ2) is 8.24. The fourth-order valence-electron chi connectivity index (χ4n) is 2.21. The first-order valence-electron chi connectivity index (χ1n) is 7.80. The van der Waals surface area contributed by atoms with Crippen molar-refractivity contribution in [2.24, 2.45) is 0 Å². The zero-order valence-electron chi connectivity index (χ0n) is 13.4. The Balaban J connectivity index is 2.18. The van der Waals surface area contributed by atoms with Crippen molar-refractivity contribution in [3.8, 4) is 17.2 Å². The second-order valence-corrected chi connectivity index (χ2v) is 5.32. The molecule has 2 rings (SSSR count). The molecule has 0 bridgehead atoms. The van der Waals surface area contributed by atoms with Crippen LogP contribution in [0.4, 0.5) is 0 Å². The molecule has 0 amide bonds. The van der Waals surface area contributed by atoms with Gasteiger partial charge in [-0.25, -0.2) is 9.59 Å². The van der Waals surface area contributed by atoms with Gasteiger partial charge in [-0.3, -0.25) is 0 Å². The lowest BCUT2D eigenvalue weighted by Gasteiger charge is -2.09. The fraction of sp³-hybridized carbons (Fsp3) is 0.412. The van der Waals surface area contributed by atoms with Crippen molar-refractivity contribution < 1.29 is 28.9 Å². The van der Waals surface area contributed by atoms with Gasteiger partial charge in [-0.05, 0) is 18.6 Å². The van der Waals surface area contributed by atoms with Crippen LogP contribution in [-0.4, -0.2) is 29.4 Å². The molecule has 0 aliphatic heterocycles. The maximum absolute atomic E-state index is 12.0. The van der Waals surface area contributed by atoms with Gasteiger partial charge in [0.05, 0.1) is 12.0 Å². The smallest absolute Gasteiger partial charge is 0.383 e. The molecule has 0 aliphatic carbocycles. The zero-order chi connectivity index (χ0) is 17.5. The predicted molar refractivity (Wildman–Crippen MR) is 86.9 cm³/mol. The molecular weight excluding hydrogens is 316 g/mol. The highest BCUT2D eigenvalue weighted by Gasteiger charge is 2.16. The van der Waals surface area contributed by atoms with E-state index in [9.17, 15) is 14.7 Å². The van der Waals surface area contributed by atoms with Crippen molar-refractivity contribution in [2.75, 3.05) is 13.2 Å². The van der Waals surface area contributed by atoms with E-state index < -0.39 is 18.2 Å². The summed E-state index contributed by atoms with van der Waals surface area (Å²) in [5.41, 5.74) is -0.690. The number of fused-ring (bicyclic) bond motifs is 1. The summed E-state index contributed by atoms with van der Waals surface area (Å²) in [4.78, 5) is 22.5. The largest absolute Gasteiger partial charge is 0.504 e. The molecule has 7 heteroatoms. The molecule has 1 aromatic heterocycles. The number of unbranched alkanes of at least 4 members (excludes halogenated alkanes) is 3. The number of aromatic hydroxyl groups is 1. The van der Waals surface area contributed by atoms with Crippen LogP contribution in [-0.2, 0) is 4.79 Å². The van der Waals surface area contributed by atoms with Crippen molar-refractivity contribution in [1.82, 2.24) is 0 Å². The Hall–Kier alpha value is -2.70. The minimum Gasteiger partial charge on any atom is -0.504 e. The number of hydrogen-bond acceptors (Lipinski definition) is 6. The molecule has 0 saturated heterocycles.